The van der Waals surface area contributed by atoms with Gasteiger partial charge in [-0.2, -0.15) is 0 Å². The van der Waals surface area contributed by atoms with Crippen molar-refractivity contribution in [1.29, 1.82) is 0 Å². The van der Waals surface area contributed by atoms with Gasteiger partial charge in [0.1, 0.15) is 0 Å². The van der Waals surface area contributed by atoms with E-state index >= 15 is 0 Å². The van der Waals surface area contributed by atoms with Gasteiger partial charge in [0, 0.05) is 0 Å². The zero-order chi connectivity index (χ0) is 10.3. The van der Waals surface area contributed by atoms with Crippen molar-refractivity contribution in [3.63, 3.8) is 0 Å². The number of rotatable bonds is 5. The van der Waals surface area contributed by atoms with Crippen LogP contribution in [0.25, 0.3) is 0 Å². The summed E-state index contributed by atoms with van der Waals surface area (Å²) in [5, 5.41) is 2.70. The Morgan fingerprint density at radius 1 is 1.62 bits per heavy atom. The van der Waals surface area contributed by atoms with Crippen LogP contribution in [0, 0.1) is 12.3 Å². The minimum Gasteiger partial charge on any atom is -0.341 e. The molecule has 0 spiro atoms. The van der Waals surface area contributed by atoms with E-state index in [1.165, 1.54) is 0 Å². The van der Waals surface area contributed by atoms with Gasteiger partial charge in [0.15, 0.2) is 0 Å². The molecule has 2 unspecified atom stereocenters. The average molecular weight is 182 g/mol. The van der Waals surface area contributed by atoms with E-state index in [1.807, 2.05) is 13.8 Å². The molecule has 2 atom stereocenters. The fourth-order valence-electron chi connectivity index (χ4n) is 0.982. The third-order valence-electron chi connectivity index (χ3n) is 1.86. The maximum atomic E-state index is 11.3. The topological polar surface area (TPSA) is 55.1 Å². The van der Waals surface area contributed by atoms with Crippen LogP contribution in [0.2, 0.25) is 0 Å². The van der Waals surface area contributed by atoms with Gasteiger partial charge < -0.3 is 11.1 Å². The van der Waals surface area contributed by atoms with Crippen molar-refractivity contribution in [2.75, 3.05) is 0 Å². The molecule has 0 aliphatic heterocycles. The summed E-state index contributed by atoms with van der Waals surface area (Å²) in [6.07, 6.45) is 7.54. The standard InChI is InChI=1S/C10H18N2O/c1-4-7-9(11)10(13)12-8(5-2)6-3/h2,8-9H,4,6-7,11H2,1,3H3,(H,12,13). The molecule has 3 heteroatoms. The molecule has 0 heterocycles. The minimum absolute atomic E-state index is 0.147. The second-order valence-electron chi connectivity index (χ2n) is 3.03. The number of terminal acetylenes is 1. The lowest BCUT2D eigenvalue weighted by molar-refractivity contribution is -0.122. The molecule has 3 nitrogen and oxygen atoms in total. The summed E-state index contributed by atoms with van der Waals surface area (Å²) in [6.45, 7) is 3.92. The summed E-state index contributed by atoms with van der Waals surface area (Å²) in [7, 11) is 0. The molecular weight excluding hydrogens is 164 g/mol. The number of amides is 1. The molecule has 0 aromatic rings. The van der Waals surface area contributed by atoms with Crippen LogP contribution in [0.1, 0.15) is 33.1 Å². The molecule has 0 fully saturated rings. The normalized spacial score (nSPS) is 14.3. The third-order valence-corrected chi connectivity index (χ3v) is 1.86. The van der Waals surface area contributed by atoms with Gasteiger partial charge in [-0.1, -0.05) is 26.2 Å². The Morgan fingerprint density at radius 3 is 2.62 bits per heavy atom. The lowest BCUT2D eigenvalue weighted by Gasteiger charge is -2.14. The first-order valence-corrected chi connectivity index (χ1v) is 4.67. The zero-order valence-electron chi connectivity index (χ0n) is 8.34. The Hall–Kier alpha value is -1.01. The van der Waals surface area contributed by atoms with Gasteiger partial charge in [-0.25, -0.2) is 0 Å². The van der Waals surface area contributed by atoms with E-state index in [9.17, 15) is 4.79 Å². The quantitative estimate of drug-likeness (QED) is 0.613. The van der Waals surface area contributed by atoms with Gasteiger partial charge >= 0.3 is 0 Å². The lowest BCUT2D eigenvalue weighted by Crippen LogP contribution is -2.44. The van der Waals surface area contributed by atoms with Crippen molar-refractivity contribution in [2.24, 2.45) is 5.73 Å². The van der Waals surface area contributed by atoms with Crippen LogP contribution >= 0.6 is 0 Å². The van der Waals surface area contributed by atoms with E-state index in [1.54, 1.807) is 0 Å². The number of hydrogen-bond donors (Lipinski definition) is 2. The minimum atomic E-state index is -0.424. The van der Waals surface area contributed by atoms with Crippen LogP contribution in [0.3, 0.4) is 0 Å². The highest BCUT2D eigenvalue weighted by Gasteiger charge is 2.14. The maximum Gasteiger partial charge on any atom is 0.237 e. The van der Waals surface area contributed by atoms with Crippen molar-refractivity contribution in [3.05, 3.63) is 0 Å². The monoisotopic (exact) mass is 182 g/mol. The zero-order valence-corrected chi connectivity index (χ0v) is 8.34. The van der Waals surface area contributed by atoms with E-state index in [0.717, 1.165) is 12.8 Å². The Kier molecular flexibility index (Phi) is 5.99. The van der Waals surface area contributed by atoms with Gasteiger partial charge in [0.2, 0.25) is 5.91 Å². The van der Waals surface area contributed by atoms with Crippen LogP contribution < -0.4 is 11.1 Å². The predicted octanol–water partition coefficient (Wildman–Crippen LogP) is 0.642. The molecule has 1 amide bonds. The first-order chi connectivity index (χ1) is 6.15. The number of carbonyl (C=O) groups excluding carboxylic acids is 1. The summed E-state index contributed by atoms with van der Waals surface area (Å²) in [4.78, 5) is 11.3. The molecule has 0 aliphatic carbocycles. The van der Waals surface area contributed by atoms with Crippen LogP contribution in [0.4, 0.5) is 0 Å². The fraction of sp³-hybridized carbons (Fsp3) is 0.700. The largest absolute Gasteiger partial charge is 0.341 e. The van der Waals surface area contributed by atoms with Crippen molar-refractivity contribution in [2.45, 2.75) is 45.2 Å². The Morgan fingerprint density at radius 2 is 2.23 bits per heavy atom. The predicted molar refractivity (Wildman–Crippen MR) is 53.9 cm³/mol. The van der Waals surface area contributed by atoms with E-state index in [2.05, 4.69) is 11.2 Å². The number of carbonyl (C=O) groups is 1. The van der Waals surface area contributed by atoms with Crippen LogP contribution in [0.5, 0.6) is 0 Å². The van der Waals surface area contributed by atoms with Gasteiger partial charge in [-0.05, 0) is 12.8 Å². The highest BCUT2D eigenvalue weighted by atomic mass is 16.2. The van der Waals surface area contributed by atoms with Crippen LogP contribution in [-0.2, 0) is 4.79 Å². The molecular formula is C10H18N2O. The summed E-state index contributed by atoms with van der Waals surface area (Å²) in [5.41, 5.74) is 5.60. The highest BCUT2D eigenvalue weighted by molar-refractivity contribution is 5.82. The van der Waals surface area contributed by atoms with Gasteiger partial charge in [-0.15, -0.1) is 6.42 Å². The van der Waals surface area contributed by atoms with E-state index in [-0.39, 0.29) is 11.9 Å². The second kappa shape index (κ2) is 6.50. The van der Waals surface area contributed by atoms with E-state index in [0.29, 0.717) is 6.42 Å². The van der Waals surface area contributed by atoms with Crippen LogP contribution in [0.15, 0.2) is 0 Å². The Labute approximate surface area is 80.1 Å². The maximum absolute atomic E-state index is 11.3. The van der Waals surface area contributed by atoms with Crippen molar-refractivity contribution < 1.29 is 4.79 Å². The molecule has 13 heavy (non-hydrogen) atoms. The summed E-state index contributed by atoms with van der Waals surface area (Å²) in [6, 6.07) is -0.609. The van der Waals surface area contributed by atoms with Crippen molar-refractivity contribution in [3.8, 4) is 12.3 Å². The molecule has 0 radical (unpaired) electrons. The Bertz CT molecular complexity index is 196. The molecule has 0 aromatic carbocycles. The average Bonchev–Trinajstić information content (AvgIpc) is 2.14. The number of hydrogen-bond acceptors (Lipinski definition) is 2. The number of nitrogens with two attached hydrogens (primary N) is 1. The lowest BCUT2D eigenvalue weighted by atomic mass is 10.1. The molecule has 0 rings (SSSR count). The third kappa shape index (κ3) is 4.54. The molecule has 0 saturated carbocycles. The molecule has 74 valence electrons. The van der Waals surface area contributed by atoms with E-state index in [4.69, 9.17) is 12.2 Å². The molecule has 0 aliphatic rings. The van der Waals surface area contributed by atoms with Crippen LogP contribution in [-0.4, -0.2) is 18.0 Å². The van der Waals surface area contributed by atoms with Crippen molar-refractivity contribution >= 4 is 5.91 Å². The smallest absolute Gasteiger partial charge is 0.237 e. The molecule has 0 saturated heterocycles. The van der Waals surface area contributed by atoms with E-state index < -0.39 is 6.04 Å². The highest BCUT2D eigenvalue weighted by Crippen LogP contribution is 1.95. The van der Waals surface area contributed by atoms with Gasteiger partial charge in [0.25, 0.3) is 0 Å². The Balaban J connectivity index is 3.92. The molecule has 0 bridgehead atoms. The molecule has 0 aromatic heterocycles. The molecule has 3 N–H and O–H groups in total. The summed E-state index contributed by atoms with van der Waals surface area (Å²) in [5.74, 6) is 2.35. The second-order valence-corrected chi connectivity index (χ2v) is 3.03. The van der Waals surface area contributed by atoms with Gasteiger partial charge in [0.05, 0.1) is 12.1 Å². The number of nitrogens with one attached hydrogen (secondary N) is 1. The summed E-state index contributed by atoms with van der Waals surface area (Å²) >= 11 is 0. The first-order valence-electron chi connectivity index (χ1n) is 4.67. The SMILES string of the molecule is C#CC(CC)NC(=O)C(N)CCC. The van der Waals surface area contributed by atoms with Crippen molar-refractivity contribution in [1.82, 2.24) is 5.32 Å². The van der Waals surface area contributed by atoms with Gasteiger partial charge in [-0.3, -0.25) is 4.79 Å². The first kappa shape index (κ1) is 12.0. The fourth-order valence-corrected chi connectivity index (χ4v) is 0.982. The summed E-state index contributed by atoms with van der Waals surface area (Å²) < 4.78 is 0.